The second-order valence-corrected chi connectivity index (χ2v) is 4.02. The van der Waals surface area contributed by atoms with Gasteiger partial charge in [-0.15, -0.1) is 0 Å². The Hall–Kier alpha value is -1.99. The normalized spacial score (nSPS) is 17.2. The van der Waals surface area contributed by atoms with E-state index in [-0.39, 0.29) is 24.3 Å². The van der Waals surface area contributed by atoms with E-state index in [0.29, 0.717) is 5.56 Å². The minimum atomic E-state index is -2.13. The van der Waals surface area contributed by atoms with Crippen LogP contribution in [0.5, 0.6) is 0 Å². The topological polar surface area (TPSA) is 87.9 Å². The zero-order valence-corrected chi connectivity index (χ0v) is 10.5. The standard InChI is InChI=1S/C12H13NO6/c1-8-4-3-5-9(11(14)17-2)10(8)12(13(15)16)18-6-7-19-12/h3-5H,6-7H2,1-2H3. The Morgan fingerprint density at radius 3 is 2.58 bits per heavy atom. The number of benzene rings is 1. The van der Waals surface area contributed by atoms with E-state index < -0.39 is 16.8 Å². The van der Waals surface area contributed by atoms with Crippen LogP contribution < -0.4 is 0 Å². The fourth-order valence-electron chi connectivity index (χ4n) is 2.11. The van der Waals surface area contributed by atoms with Crippen LogP contribution in [0.4, 0.5) is 0 Å². The van der Waals surface area contributed by atoms with E-state index >= 15 is 0 Å². The molecule has 102 valence electrons. The van der Waals surface area contributed by atoms with Crippen LogP contribution in [-0.4, -0.2) is 31.2 Å². The fraction of sp³-hybridized carbons (Fsp3) is 0.417. The molecule has 0 saturated carbocycles. The van der Waals surface area contributed by atoms with Gasteiger partial charge in [-0.3, -0.25) is 19.6 Å². The Bertz CT molecular complexity index is 521. The van der Waals surface area contributed by atoms with Crippen molar-refractivity contribution in [2.24, 2.45) is 0 Å². The van der Waals surface area contributed by atoms with Gasteiger partial charge < -0.3 is 4.74 Å². The highest BCUT2D eigenvalue weighted by Crippen LogP contribution is 2.36. The van der Waals surface area contributed by atoms with Crippen LogP contribution in [0.1, 0.15) is 21.5 Å². The molecule has 19 heavy (non-hydrogen) atoms. The molecule has 1 aromatic rings. The molecule has 1 heterocycles. The van der Waals surface area contributed by atoms with Gasteiger partial charge in [0.1, 0.15) is 5.56 Å². The summed E-state index contributed by atoms with van der Waals surface area (Å²) in [4.78, 5) is 22.4. The Morgan fingerprint density at radius 2 is 2.05 bits per heavy atom. The number of ether oxygens (including phenoxy) is 3. The van der Waals surface area contributed by atoms with Crippen LogP contribution in [0.25, 0.3) is 0 Å². The van der Waals surface area contributed by atoms with E-state index in [0.717, 1.165) is 0 Å². The number of nitrogens with zero attached hydrogens (tertiary/aromatic N) is 1. The van der Waals surface area contributed by atoms with Crippen molar-refractivity contribution in [2.45, 2.75) is 12.8 Å². The second kappa shape index (κ2) is 4.94. The molecule has 0 spiro atoms. The molecule has 0 unspecified atom stereocenters. The minimum Gasteiger partial charge on any atom is -0.465 e. The van der Waals surface area contributed by atoms with Crippen LogP contribution in [0.2, 0.25) is 0 Å². The molecule has 0 aliphatic carbocycles. The maximum Gasteiger partial charge on any atom is 0.471 e. The third kappa shape index (κ3) is 2.06. The largest absolute Gasteiger partial charge is 0.471 e. The van der Waals surface area contributed by atoms with Crippen LogP contribution in [0.3, 0.4) is 0 Å². The quantitative estimate of drug-likeness (QED) is 0.464. The number of methoxy groups -OCH3 is 1. The maximum absolute atomic E-state index is 11.8. The summed E-state index contributed by atoms with van der Waals surface area (Å²) in [5.41, 5.74) is 0.687. The fourth-order valence-corrected chi connectivity index (χ4v) is 2.11. The van der Waals surface area contributed by atoms with Gasteiger partial charge in [0.15, 0.2) is 0 Å². The van der Waals surface area contributed by atoms with Gasteiger partial charge in [0.05, 0.1) is 30.8 Å². The van der Waals surface area contributed by atoms with Crippen molar-refractivity contribution in [3.63, 3.8) is 0 Å². The lowest BCUT2D eigenvalue weighted by Crippen LogP contribution is -2.38. The van der Waals surface area contributed by atoms with Gasteiger partial charge in [-0.2, -0.15) is 0 Å². The van der Waals surface area contributed by atoms with Crippen molar-refractivity contribution >= 4 is 5.97 Å². The van der Waals surface area contributed by atoms with Gasteiger partial charge in [0, 0.05) is 0 Å². The average Bonchev–Trinajstić information content (AvgIpc) is 2.88. The highest BCUT2D eigenvalue weighted by molar-refractivity contribution is 5.91. The minimum absolute atomic E-state index is 0.0705. The molecule has 2 rings (SSSR count). The lowest BCUT2D eigenvalue weighted by atomic mass is 9.98. The highest BCUT2D eigenvalue weighted by Gasteiger charge is 2.55. The number of aryl methyl sites for hydroxylation is 1. The molecule has 1 saturated heterocycles. The molecule has 0 N–H and O–H groups in total. The van der Waals surface area contributed by atoms with E-state index in [1.165, 1.54) is 13.2 Å². The highest BCUT2D eigenvalue weighted by atomic mass is 16.8. The molecule has 1 aliphatic rings. The molecule has 0 bridgehead atoms. The smallest absolute Gasteiger partial charge is 0.465 e. The van der Waals surface area contributed by atoms with E-state index in [9.17, 15) is 14.9 Å². The Labute approximate surface area is 109 Å². The monoisotopic (exact) mass is 267 g/mol. The number of hydrogen-bond acceptors (Lipinski definition) is 6. The first-order valence-electron chi connectivity index (χ1n) is 5.63. The summed E-state index contributed by atoms with van der Waals surface area (Å²) in [6.45, 7) is 1.84. The van der Waals surface area contributed by atoms with Crippen LogP contribution in [-0.2, 0) is 20.1 Å². The summed E-state index contributed by atoms with van der Waals surface area (Å²) in [6, 6.07) is 4.72. The maximum atomic E-state index is 11.8. The van der Waals surface area contributed by atoms with Crippen LogP contribution in [0.15, 0.2) is 18.2 Å². The van der Waals surface area contributed by atoms with E-state index in [2.05, 4.69) is 4.74 Å². The van der Waals surface area contributed by atoms with Gasteiger partial charge in [-0.05, 0) is 18.6 Å². The first kappa shape index (κ1) is 13.4. The Balaban J connectivity index is 2.66. The third-order valence-electron chi connectivity index (χ3n) is 2.91. The van der Waals surface area contributed by atoms with Crippen molar-refractivity contribution in [1.29, 1.82) is 0 Å². The molecule has 0 atom stereocenters. The number of nitro groups is 1. The average molecular weight is 267 g/mol. The molecular formula is C12H13NO6. The summed E-state index contributed by atoms with van der Waals surface area (Å²) in [6.07, 6.45) is 0. The first-order chi connectivity index (χ1) is 9.03. The lowest BCUT2D eigenvalue weighted by molar-refractivity contribution is -0.690. The summed E-state index contributed by atoms with van der Waals surface area (Å²) >= 11 is 0. The predicted molar refractivity (Wildman–Crippen MR) is 63.1 cm³/mol. The predicted octanol–water partition coefficient (Wildman–Crippen LogP) is 1.22. The zero-order valence-electron chi connectivity index (χ0n) is 10.5. The van der Waals surface area contributed by atoms with Crippen molar-refractivity contribution in [1.82, 2.24) is 0 Å². The molecule has 1 aliphatic heterocycles. The number of rotatable bonds is 3. The molecule has 0 amide bonds. The Morgan fingerprint density at radius 1 is 1.42 bits per heavy atom. The van der Waals surface area contributed by atoms with Crippen LogP contribution in [0, 0.1) is 17.0 Å². The summed E-state index contributed by atoms with van der Waals surface area (Å²) in [7, 11) is 1.21. The van der Waals surface area contributed by atoms with Crippen molar-refractivity contribution in [2.75, 3.05) is 20.3 Å². The number of carbonyl (C=O) groups is 1. The number of carbonyl (C=O) groups excluding carboxylic acids is 1. The van der Waals surface area contributed by atoms with Gasteiger partial charge in [0.2, 0.25) is 0 Å². The second-order valence-electron chi connectivity index (χ2n) is 4.02. The number of esters is 1. The molecule has 1 aromatic carbocycles. The Kier molecular flexibility index (Phi) is 3.50. The lowest BCUT2D eigenvalue weighted by Gasteiger charge is -2.21. The van der Waals surface area contributed by atoms with Crippen molar-refractivity contribution < 1.29 is 23.9 Å². The van der Waals surface area contributed by atoms with E-state index in [1.807, 2.05) is 0 Å². The van der Waals surface area contributed by atoms with Crippen molar-refractivity contribution in [3.05, 3.63) is 45.0 Å². The molecular weight excluding hydrogens is 254 g/mol. The summed E-state index contributed by atoms with van der Waals surface area (Å²) < 4.78 is 15.0. The zero-order chi connectivity index (χ0) is 14.0. The number of hydrogen-bond donors (Lipinski definition) is 0. The molecule has 1 fully saturated rings. The van der Waals surface area contributed by atoms with E-state index in [4.69, 9.17) is 9.47 Å². The first-order valence-corrected chi connectivity index (χ1v) is 5.63. The third-order valence-corrected chi connectivity index (χ3v) is 2.91. The molecule has 0 aromatic heterocycles. The van der Waals surface area contributed by atoms with Crippen LogP contribution >= 0.6 is 0 Å². The summed E-state index contributed by atoms with van der Waals surface area (Å²) in [5, 5.41) is 11.3. The SMILES string of the molecule is COC(=O)c1cccc(C)c1C1([N+](=O)[O-])OCCO1. The van der Waals surface area contributed by atoms with Gasteiger partial charge in [-0.1, -0.05) is 12.1 Å². The van der Waals surface area contributed by atoms with Crippen molar-refractivity contribution in [3.8, 4) is 0 Å². The molecule has 0 radical (unpaired) electrons. The summed E-state index contributed by atoms with van der Waals surface area (Å²) in [5.74, 6) is -2.80. The molecule has 7 nitrogen and oxygen atoms in total. The van der Waals surface area contributed by atoms with Gasteiger partial charge in [-0.25, -0.2) is 4.79 Å². The van der Waals surface area contributed by atoms with Gasteiger partial charge >= 0.3 is 11.9 Å². The molecule has 7 heteroatoms. The van der Waals surface area contributed by atoms with E-state index in [1.54, 1.807) is 19.1 Å². The van der Waals surface area contributed by atoms with Gasteiger partial charge in [0.25, 0.3) is 0 Å².